The Kier molecular flexibility index (Phi) is 10.1. The molecule has 0 saturated heterocycles. The van der Waals surface area contributed by atoms with Crippen LogP contribution in [0.4, 0.5) is 0 Å². The number of hydrogen-bond acceptors (Lipinski definition) is 12. The number of carbonyl (C=O) groups is 6. The lowest BCUT2D eigenvalue weighted by Gasteiger charge is -2.62. The molecule has 12 nitrogen and oxygen atoms in total. The van der Waals surface area contributed by atoms with E-state index in [4.69, 9.17) is 0 Å². The van der Waals surface area contributed by atoms with E-state index in [1.54, 1.807) is 12.2 Å². The van der Waals surface area contributed by atoms with Gasteiger partial charge in [0.05, 0.1) is 12.2 Å². The van der Waals surface area contributed by atoms with E-state index < -0.39 is 93.5 Å². The number of carbonyl (C=O) groups excluding carboxylic acids is 6. The lowest BCUT2D eigenvalue weighted by Crippen LogP contribution is -2.63. The third-order valence-electron chi connectivity index (χ3n) is 19.0. The van der Waals surface area contributed by atoms with Crippen molar-refractivity contribution in [1.29, 1.82) is 0 Å². The SMILES string of the molecule is C[C@]12C(=CC(=O)CC1C(=O)CCC(=O)C1CC(=O)C=C3CC[C@@H]4[C@H]([C@@H](O)C[C@@]5(C)[C@H]4CC[C@]5(O)C(=O)CO)[C@@]31C)CC[C@@H]1[C@@H]2[C@@H](O)C[C@@]2(C)[C@H]1CC[C@]2(O)C(=O)CO. The van der Waals surface area contributed by atoms with Crippen LogP contribution in [0.15, 0.2) is 23.3 Å². The van der Waals surface area contributed by atoms with Crippen LogP contribution in [-0.2, 0) is 28.8 Å². The normalized spacial score (nSPS) is 49.3. The van der Waals surface area contributed by atoms with Crippen LogP contribution >= 0.6 is 0 Å². The zero-order valence-electron chi connectivity index (χ0n) is 34.4. The molecule has 6 saturated carbocycles. The summed E-state index contributed by atoms with van der Waals surface area (Å²) >= 11 is 0. The minimum Gasteiger partial charge on any atom is -0.393 e. The molecule has 6 N–H and O–H groups in total. The van der Waals surface area contributed by atoms with Crippen molar-refractivity contribution in [1.82, 2.24) is 0 Å². The second kappa shape index (κ2) is 13.9. The Bertz CT molecular complexity index is 1770. The van der Waals surface area contributed by atoms with Crippen LogP contribution in [0.1, 0.15) is 118 Å². The van der Waals surface area contributed by atoms with Crippen LogP contribution in [0, 0.1) is 69.0 Å². The van der Waals surface area contributed by atoms with Gasteiger partial charge in [-0.25, -0.2) is 0 Å². The molecule has 8 rings (SSSR count). The maximum absolute atomic E-state index is 14.6. The van der Waals surface area contributed by atoms with Gasteiger partial charge in [0, 0.05) is 59.2 Å². The largest absolute Gasteiger partial charge is 0.393 e. The van der Waals surface area contributed by atoms with Gasteiger partial charge in [0.1, 0.15) is 36.0 Å². The molecule has 0 heterocycles. The quantitative estimate of drug-likeness (QED) is 0.198. The molecule has 0 aromatic carbocycles. The first-order valence-corrected chi connectivity index (χ1v) is 21.8. The summed E-state index contributed by atoms with van der Waals surface area (Å²) < 4.78 is 0. The first-order chi connectivity index (χ1) is 27.2. The van der Waals surface area contributed by atoms with Gasteiger partial charge in [0.25, 0.3) is 0 Å². The van der Waals surface area contributed by atoms with Crippen LogP contribution < -0.4 is 0 Å². The highest BCUT2D eigenvalue weighted by atomic mass is 16.3. The summed E-state index contributed by atoms with van der Waals surface area (Å²) in [6.45, 7) is 5.97. The molecule has 8 aliphatic carbocycles. The number of hydrogen-bond donors (Lipinski definition) is 6. The van der Waals surface area contributed by atoms with Crippen LogP contribution in [0.2, 0.25) is 0 Å². The zero-order valence-corrected chi connectivity index (χ0v) is 34.4. The highest BCUT2D eigenvalue weighted by Gasteiger charge is 2.71. The van der Waals surface area contributed by atoms with Gasteiger partial charge in [-0.1, -0.05) is 38.8 Å². The lowest BCUT2D eigenvalue weighted by atomic mass is 9.42. The van der Waals surface area contributed by atoms with Gasteiger partial charge in [-0.3, -0.25) is 28.8 Å². The zero-order chi connectivity index (χ0) is 42.1. The average molecular weight is 807 g/mol. The van der Waals surface area contributed by atoms with E-state index in [2.05, 4.69) is 0 Å². The Labute approximate surface area is 339 Å². The Morgan fingerprint density at radius 1 is 0.621 bits per heavy atom. The number of allylic oxidation sites excluding steroid dienone is 2. The molecule has 0 bridgehead atoms. The van der Waals surface area contributed by atoms with E-state index in [0.29, 0.717) is 38.5 Å². The first-order valence-electron chi connectivity index (χ1n) is 21.8. The van der Waals surface area contributed by atoms with Gasteiger partial charge in [-0.15, -0.1) is 0 Å². The molecule has 0 spiro atoms. The van der Waals surface area contributed by atoms with Crippen molar-refractivity contribution in [2.75, 3.05) is 13.2 Å². The molecule has 0 aliphatic heterocycles. The third-order valence-corrected chi connectivity index (χ3v) is 19.0. The molecule has 0 radical (unpaired) electrons. The molecule has 6 fully saturated rings. The molecular weight excluding hydrogens is 744 g/mol. The predicted octanol–water partition coefficient (Wildman–Crippen LogP) is 2.95. The maximum Gasteiger partial charge on any atom is 0.190 e. The average Bonchev–Trinajstić information content (AvgIpc) is 3.61. The summed E-state index contributed by atoms with van der Waals surface area (Å²) in [6, 6.07) is 0. The fourth-order valence-electron chi connectivity index (χ4n) is 16.2. The number of fused-ring (bicyclic) bond motifs is 10. The van der Waals surface area contributed by atoms with E-state index in [9.17, 15) is 59.4 Å². The van der Waals surface area contributed by atoms with Crippen molar-refractivity contribution >= 4 is 34.7 Å². The molecule has 58 heavy (non-hydrogen) atoms. The van der Waals surface area contributed by atoms with E-state index in [-0.39, 0.29) is 98.2 Å². The van der Waals surface area contributed by atoms with E-state index >= 15 is 0 Å². The second-order valence-corrected chi connectivity index (χ2v) is 20.8. The highest BCUT2D eigenvalue weighted by Crippen LogP contribution is 2.70. The molecule has 318 valence electrons. The number of aliphatic hydroxyl groups excluding tert-OH is 4. The van der Waals surface area contributed by atoms with Crippen LogP contribution in [-0.4, -0.2) is 102 Å². The minimum absolute atomic E-state index is 0.0639. The Morgan fingerprint density at radius 3 is 1.33 bits per heavy atom. The van der Waals surface area contributed by atoms with Gasteiger partial charge in [-0.05, 0) is 112 Å². The molecule has 0 amide bonds. The summed E-state index contributed by atoms with van der Waals surface area (Å²) in [4.78, 5) is 81.5. The standard InChI is InChI=1S/C46H62O12/c1-41-19-35(53)39-27(29(41)11-13-45(41,57)37(55)21-47)7-5-23-15-25(49)17-31(43(23,39)3)33(51)9-10-34(52)32-18-26(50)16-24-6-8-28-30-12-14-46(58,38(56)22-48)42(30,2)20-36(54)40(28)44(24,32)4/h15-16,27-32,35-36,39-40,47-48,53-54,57-58H,5-14,17-22H2,1-4H3/t27-,28-,29-,30-,31?,32?,35-,36-,39+,40+,41-,42-,43-,44-,45-,46-/m0/s1. The topological polar surface area (TPSA) is 224 Å². The maximum atomic E-state index is 14.6. The minimum atomic E-state index is -1.77. The van der Waals surface area contributed by atoms with Crippen LogP contribution in [0.25, 0.3) is 0 Å². The molecule has 0 aromatic heterocycles. The smallest absolute Gasteiger partial charge is 0.190 e. The monoisotopic (exact) mass is 806 g/mol. The molecule has 8 aliphatic rings. The Morgan fingerprint density at radius 2 is 0.983 bits per heavy atom. The van der Waals surface area contributed by atoms with Gasteiger partial charge >= 0.3 is 0 Å². The van der Waals surface area contributed by atoms with Crippen LogP contribution in [0.5, 0.6) is 0 Å². The van der Waals surface area contributed by atoms with Crippen molar-refractivity contribution in [3.05, 3.63) is 23.3 Å². The van der Waals surface area contributed by atoms with Crippen molar-refractivity contribution in [2.24, 2.45) is 69.0 Å². The van der Waals surface area contributed by atoms with Crippen LogP contribution in [0.3, 0.4) is 0 Å². The summed E-state index contributed by atoms with van der Waals surface area (Å²) in [6.07, 6.45) is 4.70. The summed E-state index contributed by atoms with van der Waals surface area (Å²) in [7, 11) is 0. The summed E-state index contributed by atoms with van der Waals surface area (Å²) in [5.41, 5.74) is -5.68. The van der Waals surface area contributed by atoms with Crippen molar-refractivity contribution in [3.63, 3.8) is 0 Å². The van der Waals surface area contributed by atoms with Crippen molar-refractivity contribution in [2.45, 2.75) is 141 Å². The van der Waals surface area contributed by atoms with Gasteiger partial charge in [0.15, 0.2) is 23.1 Å². The van der Waals surface area contributed by atoms with Crippen molar-refractivity contribution < 1.29 is 59.4 Å². The fraction of sp³-hybridized carbons (Fsp3) is 0.783. The first kappa shape index (κ1) is 42.0. The predicted molar refractivity (Wildman–Crippen MR) is 207 cm³/mol. The molecular formula is C46H62O12. The number of Topliss-reactive ketones (excluding diaryl/α,β-unsaturated/α-hetero) is 4. The second-order valence-electron chi connectivity index (χ2n) is 20.8. The number of ketones is 6. The third kappa shape index (κ3) is 5.39. The Hall–Kier alpha value is -2.74. The van der Waals surface area contributed by atoms with Crippen molar-refractivity contribution in [3.8, 4) is 0 Å². The van der Waals surface area contributed by atoms with Gasteiger partial charge in [0.2, 0.25) is 0 Å². The summed E-state index contributed by atoms with van der Waals surface area (Å²) in [5, 5.41) is 66.9. The van der Waals surface area contributed by atoms with E-state index in [1.165, 1.54) is 0 Å². The number of rotatable bonds is 9. The molecule has 16 atom stereocenters. The fourth-order valence-corrected chi connectivity index (χ4v) is 16.2. The highest BCUT2D eigenvalue weighted by molar-refractivity contribution is 6.00. The van der Waals surface area contributed by atoms with Gasteiger partial charge < -0.3 is 30.6 Å². The van der Waals surface area contributed by atoms with Gasteiger partial charge in [-0.2, -0.15) is 0 Å². The Balaban J connectivity index is 1.04. The lowest BCUT2D eigenvalue weighted by molar-refractivity contribution is -0.187. The molecule has 12 heteroatoms. The molecule has 2 unspecified atom stereocenters. The summed E-state index contributed by atoms with van der Waals surface area (Å²) in [5.74, 6) is -5.27. The molecule has 0 aromatic rings. The number of aliphatic hydroxyl groups is 6. The van der Waals surface area contributed by atoms with E-state index in [0.717, 1.165) is 11.1 Å². The van der Waals surface area contributed by atoms with E-state index in [1.807, 2.05) is 27.7 Å².